The summed E-state index contributed by atoms with van der Waals surface area (Å²) < 4.78 is 6.75. The average Bonchev–Trinajstić information content (AvgIpc) is 3.24. The molecule has 7 nitrogen and oxygen atoms in total. The highest BCUT2D eigenvalue weighted by atomic mass is 16.4. The fourth-order valence-electron chi connectivity index (χ4n) is 2.27. The number of para-hydroxylation sites is 1. The lowest BCUT2D eigenvalue weighted by Crippen LogP contribution is -2.25. The average molecular weight is 325 g/mol. The van der Waals surface area contributed by atoms with Gasteiger partial charge >= 0.3 is 5.97 Å². The number of rotatable bonds is 5. The zero-order chi connectivity index (χ0) is 17.1. The first-order valence-corrected chi connectivity index (χ1v) is 7.22. The van der Waals surface area contributed by atoms with Crippen molar-refractivity contribution in [2.45, 2.75) is 6.54 Å². The molecule has 2 heterocycles. The van der Waals surface area contributed by atoms with E-state index in [2.05, 4.69) is 5.10 Å². The molecular formula is C17H15N3O4. The summed E-state index contributed by atoms with van der Waals surface area (Å²) in [5.74, 6) is -1.87. The van der Waals surface area contributed by atoms with Crippen LogP contribution in [0.2, 0.25) is 0 Å². The van der Waals surface area contributed by atoms with Crippen LogP contribution in [0.25, 0.3) is 5.69 Å². The number of amides is 1. The summed E-state index contributed by atoms with van der Waals surface area (Å²) in [6.45, 7) is 0.328. The van der Waals surface area contributed by atoms with E-state index in [9.17, 15) is 9.59 Å². The summed E-state index contributed by atoms with van der Waals surface area (Å²) in [7, 11) is 1.62. The molecule has 122 valence electrons. The fraction of sp³-hybridized carbons (Fsp3) is 0.118. The molecule has 24 heavy (non-hydrogen) atoms. The Kier molecular flexibility index (Phi) is 4.15. The molecule has 0 aliphatic carbocycles. The van der Waals surface area contributed by atoms with Gasteiger partial charge in [-0.2, -0.15) is 5.10 Å². The molecule has 3 aromatic rings. The van der Waals surface area contributed by atoms with Crippen molar-refractivity contribution in [3.63, 3.8) is 0 Å². The number of nitrogens with zero attached hydrogens (tertiary/aromatic N) is 3. The van der Waals surface area contributed by atoms with E-state index in [-0.39, 0.29) is 11.5 Å². The second kappa shape index (κ2) is 6.41. The van der Waals surface area contributed by atoms with Gasteiger partial charge in [-0.05, 0) is 24.3 Å². The molecule has 1 N–H and O–H groups in total. The molecule has 1 aromatic carbocycles. The summed E-state index contributed by atoms with van der Waals surface area (Å²) in [6.07, 6.45) is 3.52. The number of carbonyl (C=O) groups excluding carboxylic acids is 1. The van der Waals surface area contributed by atoms with Gasteiger partial charge in [-0.1, -0.05) is 18.2 Å². The number of aromatic nitrogens is 2. The lowest BCUT2D eigenvalue weighted by molar-refractivity contribution is 0.0653. The Balaban J connectivity index is 1.70. The number of furan rings is 1. The maximum atomic E-state index is 12.3. The molecule has 0 fully saturated rings. The monoisotopic (exact) mass is 325 g/mol. The zero-order valence-electron chi connectivity index (χ0n) is 12.9. The van der Waals surface area contributed by atoms with Gasteiger partial charge < -0.3 is 14.4 Å². The van der Waals surface area contributed by atoms with Gasteiger partial charge in [0.2, 0.25) is 5.76 Å². The van der Waals surface area contributed by atoms with Crippen molar-refractivity contribution in [1.29, 1.82) is 0 Å². The Labute approximate surface area is 137 Å². The molecule has 2 aromatic heterocycles. The molecule has 7 heteroatoms. The SMILES string of the molecule is CN(Cc1cnn(-c2ccccc2)c1)C(=O)c1ccc(C(=O)O)o1. The van der Waals surface area contributed by atoms with Gasteiger partial charge in [0.25, 0.3) is 5.91 Å². The highest BCUT2D eigenvalue weighted by molar-refractivity contribution is 5.93. The Morgan fingerprint density at radius 2 is 1.88 bits per heavy atom. The number of aromatic carboxylic acids is 1. The van der Waals surface area contributed by atoms with E-state index in [4.69, 9.17) is 9.52 Å². The third-order valence-corrected chi connectivity index (χ3v) is 3.45. The maximum Gasteiger partial charge on any atom is 0.371 e. The number of benzene rings is 1. The second-order valence-electron chi connectivity index (χ2n) is 5.26. The van der Waals surface area contributed by atoms with Crippen molar-refractivity contribution < 1.29 is 19.1 Å². The summed E-state index contributed by atoms with van der Waals surface area (Å²) in [6, 6.07) is 12.2. The molecule has 0 saturated carbocycles. The van der Waals surface area contributed by atoms with Crippen LogP contribution in [0.4, 0.5) is 0 Å². The van der Waals surface area contributed by atoms with E-state index in [1.807, 2.05) is 36.5 Å². The summed E-state index contributed by atoms with van der Waals surface area (Å²) in [4.78, 5) is 24.5. The second-order valence-corrected chi connectivity index (χ2v) is 5.26. The van der Waals surface area contributed by atoms with Crippen molar-refractivity contribution >= 4 is 11.9 Å². The molecule has 0 aliphatic heterocycles. The van der Waals surface area contributed by atoms with E-state index in [0.29, 0.717) is 6.54 Å². The smallest absolute Gasteiger partial charge is 0.371 e. The third-order valence-electron chi connectivity index (χ3n) is 3.45. The predicted molar refractivity (Wildman–Crippen MR) is 85.0 cm³/mol. The van der Waals surface area contributed by atoms with Crippen molar-refractivity contribution in [1.82, 2.24) is 14.7 Å². The van der Waals surface area contributed by atoms with Gasteiger partial charge in [-0.25, -0.2) is 9.48 Å². The van der Waals surface area contributed by atoms with Gasteiger partial charge in [0.1, 0.15) is 0 Å². The van der Waals surface area contributed by atoms with Crippen LogP contribution in [-0.4, -0.2) is 38.7 Å². The Morgan fingerprint density at radius 3 is 2.54 bits per heavy atom. The standard InChI is InChI=1S/C17H15N3O4/c1-19(16(21)14-7-8-15(24-14)17(22)23)10-12-9-18-20(11-12)13-5-3-2-4-6-13/h2-9,11H,10H2,1H3,(H,22,23). The van der Waals surface area contributed by atoms with Crippen molar-refractivity contribution in [3.05, 3.63) is 71.9 Å². The van der Waals surface area contributed by atoms with Crippen LogP contribution >= 0.6 is 0 Å². The fourth-order valence-corrected chi connectivity index (χ4v) is 2.27. The van der Waals surface area contributed by atoms with Crippen LogP contribution in [0.15, 0.2) is 59.3 Å². The molecule has 0 spiro atoms. The quantitative estimate of drug-likeness (QED) is 0.778. The van der Waals surface area contributed by atoms with E-state index < -0.39 is 11.9 Å². The molecule has 0 saturated heterocycles. The molecule has 3 rings (SSSR count). The van der Waals surface area contributed by atoms with Crippen LogP contribution < -0.4 is 0 Å². The van der Waals surface area contributed by atoms with Crippen LogP contribution in [-0.2, 0) is 6.54 Å². The Bertz CT molecular complexity index is 867. The number of carbonyl (C=O) groups is 2. The van der Waals surface area contributed by atoms with E-state index in [1.54, 1.807) is 17.9 Å². The highest BCUT2D eigenvalue weighted by Crippen LogP contribution is 2.13. The summed E-state index contributed by atoms with van der Waals surface area (Å²) in [5, 5.41) is 13.1. The van der Waals surface area contributed by atoms with Crippen LogP contribution in [0, 0.1) is 0 Å². The molecule has 0 bridgehead atoms. The predicted octanol–water partition coefficient (Wildman–Crippen LogP) is 2.44. The van der Waals surface area contributed by atoms with Gasteiger partial charge in [-0.3, -0.25) is 4.79 Å². The minimum atomic E-state index is -1.21. The highest BCUT2D eigenvalue weighted by Gasteiger charge is 2.19. The van der Waals surface area contributed by atoms with Crippen molar-refractivity contribution in [2.24, 2.45) is 0 Å². The lowest BCUT2D eigenvalue weighted by atomic mass is 10.3. The molecule has 1 amide bonds. The molecule has 0 aliphatic rings. The van der Waals surface area contributed by atoms with E-state index >= 15 is 0 Å². The number of carboxylic acids is 1. The minimum Gasteiger partial charge on any atom is -0.475 e. The lowest BCUT2D eigenvalue weighted by Gasteiger charge is -2.14. The normalized spacial score (nSPS) is 10.5. The van der Waals surface area contributed by atoms with Crippen LogP contribution in [0.1, 0.15) is 26.7 Å². The topological polar surface area (TPSA) is 88.6 Å². The van der Waals surface area contributed by atoms with Crippen LogP contribution in [0.5, 0.6) is 0 Å². The van der Waals surface area contributed by atoms with Gasteiger partial charge in [0.05, 0.1) is 11.9 Å². The third kappa shape index (κ3) is 3.19. The first kappa shape index (κ1) is 15.5. The Morgan fingerprint density at radius 1 is 1.17 bits per heavy atom. The first-order valence-electron chi connectivity index (χ1n) is 7.22. The summed E-state index contributed by atoms with van der Waals surface area (Å²) >= 11 is 0. The van der Waals surface area contributed by atoms with Crippen molar-refractivity contribution in [3.8, 4) is 5.69 Å². The minimum absolute atomic E-state index is 0.00893. The zero-order valence-corrected chi connectivity index (χ0v) is 12.9. The number of hydrogen-bond acceptors (Lipinski definition) is 4. The Hall–Kier alpha value is -3.35. The van der Waals surface area contributed by atoms with Crippen molar-refractivity contribution in [2.75, 3.05) is 7.05 Å². The van der Waals surface area contributed by atoms with E-state index in [1.165, 1.54) is 17.0 Å². The van der Waals surface area contributed by atoms with Gasteiger partial charge in [0, 0.05) is 25.4 Å². The molecular weight excluding hydrogens is 310 g/mol. The maximum absolute atomic E-state index is 12.3. The van der Waals surface area contributed by atoms with Crippen LogP contribution in [0.3, 0.4) is 0 Å². The largest absolute Gasteiger partial charge is 0.475 e. The first-order chi connectivity index (χ1) is 11.5. The van der Waals surface area contributed by atoms with Gasteiger partial charge in [-0.15, -0.1) is 0 Å². The number of hydrogen-bond donors (Lipinski definition) is 1. The number of carboxylic acid groups (broad SMARTS) is 1. The molecule has 0 unspecified atom stereocenters. The molecule has 0 radical (unpaired) electrons. The summed E-state index contributed by atoms with van der Waals surface area (Å²) in [5.41, 5.74) is 1.77. The van der Waals surface area contributed by atoms with E-state index in [0.717, 1.165) is 11.3 Å². The molecule has 0 atom stereocenters. The van der Waals surface area contributed by atoms with Gasteiger partial charge in [0.15, 0.2) is 5.76 Å².